The summed E-state index contributed by atoms with van der Waals surface area (Å²) in [5.41, 5.74) is 9.39. The van der Waals surface area contributed by atoms with Gasteiger partial charge in [-0.05, 0) is 55.2 Å². The van der Waals surface area contributed by atoms with Crippen LogP contribution in [0, 0.1) is 0 Å². The number of nitrogens with two attached hydrogens (primary N) is 1. The number of aromatic nitrogens is 2. The number of piperidine rings is 1. The molecular weight excluding hydrogens is 418 g/mol. The number of aromatic amines is 1. The van der Waals surface area contributed by atoms with E-state index >= 15 is 0 Å². The summed E-state index contributed by atoms with van der Waals surface area (Å²) in [4.78, 5) is 14.6. The number of H-pyrrole nitrogens is 1. The molecule has 6 nitrogen and oxygen atoms in total. The number of fused-ring (bicyclic) bond motifs is 1. The van der Waals surface area contributed by atoms with Gasteiger partial charge in [-0.2, -0.15) is 5.10 Å². The van der Waals surface area contributed by atoms with E-state index in [9.17, 15) is 4.79 Å². The third kappa shape index (κ3) is 4.36. The highest BCUT2D eigenvalue weighted by atomic mass is 79.9. The number of anilines is 1. The number of nitrogens with one attached hydrogen (secondary N) is 2. The molecule has 1 fully saturated rings. The van der Waals surface area contributed by atoms with Crippen molar-refractivity contribution in [2.24, 2.45) is 5.73 Å². The Morgan fingerprint density at radius 2 is 2.00 bits per heavy atom. The number of hydrogen-bond donors (Lipinski definition) is 3. The molecule has 0 unspecified atom stereocenters. The predicted octanol–water partition coefficient (Wildman–Crippen LogP) is 3.30. The standard InChI is InChI=1S/C21H24BrN5O/c22-16-3-1-14(2-4-16)11-19(23)21(28)27-9-7-17(8-10-27)25-18-5-6-20-15(12-18)13-24-26-20/h1-6,12-13,17,19,25H,7-11,23H2,(H,24,26)/t19-/m1/s1. The number of amides is 1. The molecular formula is C21H24BrN5O. The number of carbonyl (C=O) groups excluding carboxylic acids is 1. The first kappa shape index (κ1) is 19.0. The lowest BCUT2D eigenvalue weighted by atomic mass is 10.0. The van der Waals surface area contributed by atoms with Crippen molar-refractivity contribution in [3.8, 4) is 0 Å². The minimum Gasteiger partial charge on any atom is -0.382 e. The van der Waals surface area contributed by atoms with Gasteiger partial charge in [-0.15, -0.1) is 0 Å². The van der Waals surface area contributed by atoms with Crippen LogP contribution in [0.15, 0.2) is 53.1 Å². The average molecular weight is 442 g/mol. The van der Waals surface area contributed by atoms with E-state index in [1.165, 1.54) is 0 Å². The zero-order valence-electron chi connectivity index (χ0n) is 15.6. The SMILES string of the molecule is N[C@H](Cc1ccc(Br)cc1)C(=O)N1CCC(Nc2ccc3[nH]ncc3c2)CC1. The Bertz CT molecular complexity index is 947. The maximum atomic E-state index is 12.7. The molecule has 1 saturated heterocycles. The Morgan fingerprint density at radius 3 is 2.75 bits per heavy atom. The molecule has 4 rings (SSSR count). The van der Waals surface area contributed by atoms with Crippen molar-refractivity contribution < 1.29 is 4.79 Å². The Hall–Kier alpha value is -2.38. The summed E-state index contributed by atoms with van der Waals surface area (Å²) in [5.74, 6) is 0.0428. The molecule has 0 radical (unpaired) electrons. The molecule has 0 saturated carbocycles. The molecule has 1 aliphatic heterocycles. The van der Waals surface area contributed by atoms with Gasteiger partial charge in [-0.1, -0.05) is 28.1 Å². The zero-order chi connectivity index (χ0) is 19.5. The summed E-state index contributed by atoms with van der Waals surface area (Å²) in [5, 5.41) is 11.7. The van der Waals surface area contributed by atoms with E-state index < -0.39 is 6.04 Å². The lowest BCUT2D eigenvalue weighted by molar-refractivity contribution is -0.133. The van der Waals surface area contributed by atoms with Crippen LogP contribution in [-0.2, 0) is 11.2 Å². The molecule has 2 heterocycles. The number of hydrogen-bond acceptors (Lipinski definition) is 4. The second-order valence-corrected chi connectivity index (χ2v) is 8.27. The summed E-state index contributed by atoms with van der Waals surface area (Å²) in [6, 6.07) is 14.0. The largest absolute Gasteiger partial charge is 0.382 e. The first-order valence-corrected chi connectivity index (χ1v) is 10.4. The van der Waals surface area contributed by atoms with Crippen molar-refractivity contribution >= 4 is 38.4 Å². The van der Waals surface area contributed by atoms with Crippen molar-refractivity contribution in [3.63, 3.8) is 0 Å². The second-order valence-electron chi connectivity index (χ2n) is 7.35. The lowest BCUT2D eigenvalue weighted by Gasteiger charge is -2.34. The second kappa shape index (κ2) is 8.32. The Morgan fingerprint density at radius 1 is 1.25 bits per heavy atom. The summed E-state index contributed by atoms with van der Waals surface area (Å²) in [6.45, 7) is 1.47. The Kier molecular flexibility index (Phi) is 5.64. The molecule has 1 aromatic heterocycles. The molecule has 0 spiro atoms. The summed E-state index contributed by atoms with van der Waals surface area (Å²) in [7, 11) is 0. The van der Waals surface area contributed by atoms with E-state index in [0.29, 0.717) is 12.5 Å². The molecule has 3 aromatic rings. The predicted molar refractivity (Wildman–Crippen MR) is 115 cm³/mol. The van der Waals surface area contributed by atoms with E-state index in [0.717, 1.165) is 52.6 Å². The molecule has 1 atom stereocenters. The first-order chi connectivity index (χ1) is 13.6. The van der Waals surface area contributed by atoms with Gasteiger partial charge in [-0.3, -0.25) is 9.89 Å². The van der Waals surface area contributed by atoms with Gasteiger partial charge in [0.2, 0.25) is 5.91 Å². The first-order valence-electron chi connectivity index (χ1n) is 9.57. The van der Waals surface area contributed by atoms with Gasteiger partial charge in [0.1, 0.15) is 0 Å². The zero-order valence-corrected chi connectivity index (χ0v) is 17.2. The maximum Gasteiger partial charge on any atom is 0.239 e. The van der Waals surface area contributed by atoms with Gasteiger partial charge in [0, 0.05) is 34.7 Å². The van der Waals surface area contributed by atoms with Gasteiger partial charge < -0.3 is 16.0 Å². The van der Waals surface area contributed by atoms with E-state index in [-0.39, 0.29) is 5.91 Å². The van der Waals surface area contributed by atoms with Crippen LogP contribution in [0.2, 0.25) is 0 Å². The molecule has 2 aromatic carbocycles. The van der Waals surface area contributed by atoms with Crippen LogP contribution in [0.1, 0.15) is 18.4 Å². The highest BCUT2D eigenvalue weighted by Crippen LogP contribution is 2.21. The van der Waals surface area contributed by atoms with E-state index in [4.69, 9.17) is 5.73 Å². The van der Waals surface area contributed by atoms with Crippen LogP contribution in [0.3, 0.4) is 0 Å². The highest BCUT2D eigenvalue weighted by molar-refractivity contribution is 9.10. The fraction of sp³-hybridized carbons (Fsp3) is 0.333. The average Bonchev–Trinajstić information content (AvgIpc) is 3.17. The molecule has 146 valence electrons. The van der Waals surface area contributed by atoms with Gasteiger partial charge in [0.15, 0.2) is 0 Å². The van der Waals surface area contributed by atoms with Crippen LogP contribution < -0.4 is 11.1 Å². The molecule has 1 aliphatic rings. The molecule has 7 heteroatoms. The normalized spacial score (nSPS) is 16.3. The van der Waals surface area contributed by atoms with Crippen LogP contribution in [-0.4, -0.2) is 46.2 Å². The van der Waals surface area contributed by atoms with Crippen molar-refractivity contribution in [1.29, 1.82) is 0 Å². The number of halogens is 1. The van der Waals surface area contributed by atoms with Crippen molar-refractivity contribution in [2.45, 2.75) is 31.3 Å². The topological polar surface area (TPSA) is 87.0 Å². The molecule has 0 aliphatic carbocycles. The maximum absolute atomic E-state index is 12.7. The molecule has 0 bridgehead atoms. The van der Waals surface area contributed by atoms with E-state index in [1.54, 1.807) is 0 Å². The van der Waals surface area contributed by atoms with E-state index in [2.05, 4.69) is 43.6 Å². The van der Waals surface area contributed by atoms with Crippen LogP contribution in [0.25, 0.3) is 10.9 Å². The van der Waals surface area contributed by atoms with Gasteiger partial charge in [0.05, 0.1) is 17.8 Å². The van der Waals surface area contributed by atoms with Gasteiger partial charge in [0.25, 0.3) is 0 Å². The molecule has 1 amide bonds. The number of carbonyl (C=O) groups is 1. The summed E-state index contributed by atoms with van der Waals surface area (Å²) < 4.78 is 1.03. The Labute approximate surface area is 172 Å². The third-order valence-corrected chi connectivity index (χ3v) is 5.83. The van der Waals surface area contributed by atoms with Gasteiger partial charge >= 0.3 is 0 Å². The van der Waals surface area contributed by atoms with Crippen molar-refractivity contribution in [2.75, 3.05) is 18.4 Å². The minimum absolute atomic E-state index is 0.0428. The van der Waals surface area contributed by atoms with Crippen LogP contribution in [0.4, 0.5) is 5.69 Å². The van der Waals surface area contributed by atoms with E-state index in [1.807, 2.05) is 41.4 Å². The summed E-state index contributed by atoms with van der Waals surface area (Å²) in [6.07, 6.45) is 4.23. The van der Waals surface area contributed by atoms with Crippen LogP contribution in [0.5, 0.6) is 0 Å². The highest BCUT2D eigenvalue weighted by Gasteiger charge is 2.26. The number of likely N-dealkylation sites (tertiary alicyclic amines) is 1. The van der Waals surface area contributed by atoms with Crippen LogP contribution >= 0.6 is 15.9 Å². The third-order valence-electron chi connectivity index (χ3n) is 5.30. The fourth-order valence-corrected chi connectivity index (χ4v) is 3.97. The summed E-state index contributed by atoms with van der Waals surface area (Å²) >= 11 is 3.43. The number of benzene rings is 2. The monoisotopic (exact) mass is 441 g/mol. The minimum atomic E-state index is -0.491. The molecule has 28 heavy (non-hydrogen) atoms. The number of rotatable bonds is 5. The van der Waals surface area contributed by atoms with Crippen molar-refractivity contribution in [1.82, 2.24) is 15.1 Å². The van der Waals surface area contributed by atoms with Gasteiger partial charge in [-0.25, -0.2) is 0 Å². The van der Waals surface area contributed by atoms with Crippen molar-refractivity contribution in [3.05, 3.63) is 58.7 Å². The number of nitrogens with zero attached hydrogens (tertiary/aromatic N) is 2. The lowest BCUT2D eigenvalue weighted by Crippen LogP contribution is -2.49. The Balaban J connectivity index is 1.29. The fourth-order valence-electron chi connectivity index (χ4n) is 3.71. The smallest absolute Gasteiger partial charge is 0.239 e. The molecule has 4 N–H and O–H groups in total. The quantitative estimate of drug-likeness (QED) is 0.566.